The minimum absolute atomic E-state index is 0.116. The van der Waals surface area contributed by atoms with Crippen LogP contribution in [0.2, 0.25) is 0 Å². The SMILES string of the molecule is COc1cc(C(NN)C2CCC(C)C(C)C2)nn1C. The molecule has 1 aromatic heterocycles. The van der Waals surface area contributed by atoms with Gasteiger partial charge in [-0.2, -0.15) is 5.10 Å². The van der Waals surface area contributed by atoms with Crippen molar-refractivity contribution in [1.29, 1.82) is 0 Å². The molecule has 3 N–H and O–H groups in total. The largest absolute Gasteiger partial charge is 0.481 e. The van der Waals surface area contributed by atoms with Crippen molar-refractivity contribution in [2.45, 2.75) is 39.2 Å². The average Bonchev–Trinajstić information content (AvgIpc) is 2.75. The Hall–Kier alpha value is -1.07. The Bertz CT molecular complexity index is 418. The molecule has 19 heavy (non-hydrogen) atoms. The van der Waals surface area contributed by atoms with Crippen LogP contribution in [0.3, 0.4) is 0 Å². The van der Waals surface area contributed by atoms with E-state index in [2.05, 4.69) is 24.4 Å². The van der Waals surface area contributed by atoms with Gasteiger partial charge >= 0.3 is 0 Å². The molecule has 4 unspecified atom stereocenters. The highest BCUT2D eigenvalue weighted by Gasteiger charge is 2.32. The van der Waals surface area contributed by atoms with E-state index in [9.17, 15) is 0 Å². The van der Waals surface area contributed by atoms with E-state index >= 15 is 0 Å². The first-order chi connectivity index (χ1) is 9.06. The van der Waals surface area contributed by atoms with E-state index in [4.69, 9.17) is 10.6 Å². The van der Waals surface area contributed by atoms with Gasteiger partial charge in [-0.25, -0.2) is 4.68 Å². The molecule has 0 spiro atoms. The maximum atomic E-state index is 5.78. The molecule has 1 aromatic rings. The fraction of sp³-hybridized carbons (Fsp3) is 0.786. The van der Waals surface area contributed by atoms with Gasteiger partial charge in [0.05, 0.1) is 18.8 Å². The van der Waals surface area contributed by atoms with Gasteiger partial charge in [0, 0.05) is 13.1 Å². The number of hydrogen-bond donors (Lipinski definition) is 2. The first-order valence-corrected chi connectivity index (χ1v) is 7.10. The first-order valence-electron chi connectivity index (χ1n) is 7.10. The fourth-order valence-electron chi connectivity index (χ4n) is 3.17. The molecular formula is C14H26N4O. The molecule has 0 amide bonds. The van der Waals surface area contributed by atoms with Gasteiger partial charge in [0.2, 0.25) is 5.88 Å². The summed E-state index contributed by atoms with van der Waals surface area (Å²) in [5.74, 6) is 8.66. The standard InChI is InChI=1S/C14H26N4O/c1-9-5-6-11(7-10(9)2)14(16-15)12-8-13(19-4)18(3)17-12/h8-11,14,16H,5-7,15H2,1-4H3. The Morgan fingerprint density at radius 2 is 2.16 bits per heavy atom. The van der Waals surface area contributed by atoms with Crippen LogP contribution in [0.25, 0.3) is 0 Å². The quantitative estimate of drug-likeness (QED) is 0.646. The molecule has 5 nitrogen and oxygen atoms in total. The van der Waals surface area contributed by atoms with Crippen molar-refractivity contribution in [3.8, 4) is 5.88 Å². The zero-order chi connectivity index (χ0) is 14.0. The number of ether oxygens (including phenoxy) is 1. The molecule has 1 saturated carbocycles. The number of nitrogens with two attached hydrogens (primary N) is 1. The van der Waals surface area contributed by atoms with Crippen molar-refractivity contribution in [2.75, 3.05) is 7.11 Å². The monoisotopic (exact) mass is 266 g/mol. The highest BCUT2D eigenvalue weighted by molar-refractivity contribution is 5.19. The van der Waals surface area contributed by atoms with Crippen LogP contribution in [0.15, 0.2) is 6.07 Å². The highest BCUT2D eigenvalue weighted by atomic mass is 16.5. The Morgan fingerprint density at radius 3 is 2.68 bits per heavy atom. The molecule has 0 aliphatic heterocycles. The van der Waals surface area contributed by atoms with Gasteiger partial charge in [-0.05, 0) is 30.6 Å². The third-order valence-electron chi connectivity index (χ3n) is 4.67. The van der Waals surface area contributed by atoms with E-state index in [1.54, 1.807) is 11.8 Å². The van der Waals surface area contributed by atoms with Crippen molar-refractivity contribution >= 4 is 0 Å². The summed E-state index contributed by atoms with van der Waals surface area (Å²) in [5.41, 5.74) is 3.94. The van der Waals surface area contributed by atoms with Gasteiger partial charge in [0.15, 0.2) is 0 Å². The Labute approximate surface area is 115 Å². The smallest absolute Gasteiger partial charge is 0.211 e. The van der Waals surface area contributed by atoms with Crippen LogP contribution in [-0.4, -0.2) is 16.9 Å². The average molecular weight is 266 g/mol. The molecule has 2 rings (SSSR count). The van der Waals surface area contributed by atoms with Crippen molar-refractivity contribution in [3.63, 3.8) is 0 Å². The summed E-state index contributed by atoms with van der Waals surface area (Å²) in [6.07, 6.45) is 3.68. The molecule has 4 atom stereocenters. The van der Waals surface area contributed by atoms with E-state index in [0.717, 1.165) is 23.4 Å². The van der Waals surface area contributed by atoms with Crippen LogP contribution in [0.4, 0.5) is 0 Å². The topological polar surface area (TPSA) is 65.1 Å². The molecule has 0 saturated heterocycles. The maximum absolute atomic E-state index is 5.78. The van der Waals surface area contributed by atoms with Crippen LogP contribution in [0.1, 0.15) is 44.8 Å². The third-order valence-corrected chi connectivity index (χ3v) is 4.67. The number of aromatic nitrogens is 2. The van der Waals surface area contributed by atoms with Gasteiger partial charge in [-0.15, -0.1) is 0 Å². The minimum atomic E-state index is 0.116. The summed E-state index contributed by atoms with van der Waals surface area (Å²) >= 11 is 0. The molecule has 0 bridgehead atoms. The normalized spacial score (nSPS) is 29.2. The van der Waals surface area contributed by atoms with E-state index in [0.29, 0.717) is 5.92 Å². The lowest BCUT2D eigenvalue weighted by molar-refractivity contribution is 0.169. The van der Waals surface area contributed by atoms with Gasteiger partial charge < -0.3 is 4.74 Å². The molecular weight excluding hydrogens is 240 g/mol. The summed E-state index contributed by atoms with van der Waals surface area (Å²) in [6, 6.07) is 2.10. The van der Waals surface area contributed by atoms with Crippen molar-refractivity contribution in [3.05, 3.63) is 11.8 Å². The first kappa shape index (κ1) is 14.3. The lowest BCUT2D eigenvalue weighted by Crippen LogP contribution is -2.37. The highest BCUT2D eigenvalue weighted by Crippen LogP contribution is 2.39. The van der Waals surface area contributed by atoms with Gasteiger partial charge in [0.25, 0.3) is 0 Å². The van der Waals surface area contributed by atoms with Crippen LogP contribution in [-0.2, 0) is 7.05 Å². The zero-order valence-electron chi connectivity index (χ0n) is 12.4. The van der Waals surface area contributed by atoms with E-state index in [1.165, 1.54) is 19.3 Å². The summed E-state index contributed by atoms with van der Waals surface area (Å²) < 4.78 is 7.04. The lowest BCUT2D eigenvalue weighted by atomic mass is 9.73. The predicted molar refractivity (Wildman–Crippen MR) is 75.5 cm³/mol. The van der Waals surface area contributed by atoms with E-state index in [1.807, 2.05) is 13.1 Å². The number of rotatable bonds is 4. The van der Waals surface area contributed by atoms with Crippen molar-refractivity contribution < 1.29 is 4.74 Å². The molecule has 5 heteroatoms. The fourth-order valence-corrected chi connectivity index (χ4v) is 3.17. The number of methoxy groups -OCH3 is 1. The number of nitrogens with one attached hydrogen (secondary N) is 1. The second kappa shape index (κ2) is 5.92. The van der Waals surface area contributed by atoms with Gasteiger partial charge in [-0.1, -0.05) is 20.3 Å². The molecule has 1 heterocycles. The third kappa shape index (κ3) is 2.92. The van der Waals surface area contributed by atoms with E-state index in [-0.39, 0.29) is 6.04 Å². The van der Waals surface area contributed by atoms with Crippen LogP contribution < -0.4 is 16.0 Å². The van der Waals surface area contributed by atoms with Crippen LogP contribution in [0.5, 0.6) is 5.88 Å². The maximum Gasteiger partial charge on any atom is 0.211 e. The van der Waals surface area contributed by atoms with E-state index < -0.39 is 0 Å². The Morgan fingerprint density at radius 1 is 1.42 bits per heavy atom. The minimum Gasteiger partial charge on any atom is -0.481 e. The molecule has 1 aliphatic carbocycles. The summed E-state index contributed by atoms with van der Waals surface area (Å²) in [5, 5.41) is 4.52. The number of aryl methyl sites for hydroxylation is 1. The summed E-state index contributed by atoms with van der Waals surface area (Å²) in [7, 11) is 3.55. The zero-order valence-corrected chi connectivity index (χ0v) is 12.4. The Balaban J connectivity index is 2.15. The number of hydrogen-bond acceptors (Lipinski definition) is 4. The molecule has 0 aromatic carbocycles. The lowest BCUT2D eigenvalue weighted by Gasteiger charge is -2.35. The molecule has 1 aliphatic rings. The second-order valence-electron chi connectivity index (χ2n) is 5.91. The molecule has 108 valence electrons. The van der Waals surface area contributed by atoms with Gasteiger partial charge in [-0.3, -0.25) is 11.3 Å². The summed E-state index contributed by atoms with van der Waals surface area (Å²) in [6.45, 7) is 4.68. The number of hydrazine groups is 1. The van der Waals surface area contributed by atoms with Crippen LogP contribution in [0, 0.1) is 17.8 Å². The van der Waals surface area contributed by atoms with Gasteiger partial charge in [0.1, 0.15) is 0 Å². The Kier molecular flexibility index (Phi) is 4.47. The predicted octanol–water partition coefficient (Wildman–Crippen LogP) is 2.01. The van der Waals surface area contributed by atoms with Crippen LogP contribution >= 0.6 is 0 Å². The second-order valence-corrected chi connectivity index (χ2v) is 5.91. The van der Waals surface area contributed by atoms with Crippen molar-refractivity contribution in [1.82, 2.24) is 15.2 Å². The summed E-state index contributed by atoms with van der Waals surface area (Å²) in [4.78, 5) is 0. The number of nitrogens with zero attached hydrogens (tertiary/aromatic N) is 2. The molecule has 1 fully saturated rings. The van der Waals surface area contributed by atoms with Crippen molar-refractivity contribution in [2.24, 2.45) is 30.6 Å². The molecule has 0 radical (unpaired) electrons.